The SMILES string of the molecule is C#C[C@H](C[C@H](C)COCc1ccc(OC)cc1)O[Si](C)(C)C(C)(C)C. The molecule has 0 aliphatic rings. The fraction of sp³-hybridized carbons (Fsp3) is 0.619. The fourth-order valence-corrected chi connectivity index (χ4v) is 3.44. The van der Waals surface area contributed by atoms with Crippen LogP contribution in [0.15, 0.2) is 24.3 Å². The van der Waals surface area contributed by atoms with E-state index in [0.717, 1.165) is 17.7 Å². The molecule has 140 valence electrons. The van der Waals surface area contributed by atoms with Gasteiger partial charge in [0.05, 0.1) is 13.7 Å². The van der Waals surface area contributed by atoms with Crippen LogP contribution in [-0.2, 0) is 15.8 Å². The lowest BCUT2D eigenvalue weighted by Gasteiger charge is -2.38. The molecular formula is C21H34O3Si. The predicted molar refractivity (Wildman–Crippen MR) is 107 cm³/mol. The first kappa shape index (κ1) is 21.8. The van der Waals surface area contributed by atoms with Gasteiger partial charge in [0.15, 0.2) is 8.32 Å². The molecule has 0 spiro atoms. The molecule has 0 radical (unpaired) electrons. The summed E-state index contributed by atoms with van der Waals surface area (Å²) in [5.41, 5.74) is 1.14. The van der Waals surface area contributed by atoms with Gasteiger partial charge in [-0.15, -0.1) is 6.42 Å². The Morgan fingerprint density at radius 3 is 2.24 bits per heavy atom. The van der Waals surface area contributed by atoms with Crippen LogP contribution in [0.5, 0.6) is 5.75 Å². The lowest BCUT2D eigenvalue weighted by atomic mass is 10.1. The molecule has 0 bridgehead atoms. The number of ether oxygens (including phenoxy) is 2. The highest BCUT2D eigenvalue weighted by Crippen LogP contribution is 2.37. The molecule has 0 heterocycles. The van der Waals surface area contributed by atoms with E-state index in [-0.39, 0.29) is 11.1 Å². The molecule has 0 amide bonds. The van der Waals surface area contributed by atoms with Crippen LogP contribution in [0.3, 0.4) is 0 Å². The van der Waals surface area contributed by atoms with Crippen LogP contribution < -0.4 is 4.74 Å². The first-order chi connectivity index (χ1) is 11.6. The van der Waals surface area contributed by atoms with Gasteiger partial charge in [-0.3, -0.25) is 0 Å². The lowest BCUT2D eigenvalue weighted by Crippen LogP contribution is -2.44. The van der Waals surface area contributed by atoms with E-state index in [9.17, 15) is 0 Å². The summed E-state index contributed by atoms with van der Waals surface area (Å²) in [5.74, 6) is 4.03. The minimum absolute atomic E-state index is 0.138. The molecule has 1 aromatic carbocycles. The highest BCUT2D eigenvalue weighted by molar-refractivity contribution is 6.74. The maximum atomic E-state index is 6.35. The molecule has 25 heavy (non-hydrogen) atoms. The largest absolute Gasteiger partial charge is 0.497 e. The molecule has 0 fully saturated rings. The second-order valence-corrected chi connectivity index (χ2v) is 13.0. The zero-order valence-electron chi connectivity index (χ0n) is 16.9. The molecule has 4 heteroatoms. The van der Waals surface area contributed by atoms with Crippen molar-refractivity contribution in [2.24, 2.45) is 5.92 Å². The van der Waals surface area contributed by atoms with Crippen molar-refractivity contribution in [2.75, 3.05) is 13.7 Å². The minimum atomic E-state index is -1.84. The summed E-state index contributed by atoms with van der Waals surface area (Å²) in [7, 11) is -0.176. The third kappa shape index (κ3) is 7.23. The van der Waals surface area contributed by atoms with Gasteiger partial charge in [-0.2, -0.15) is 0 Å². The van der Waals surface area contributed by atoms with E-state index in [1.54, 1.807) is 7.11 Å². The molecule has 0 saturated heterocycles. The van der Waals surface area contributed by atoms with E-state index >= 15 is 0 Å². The summed E-state index contributed by atoms with van der Waals surface area (Å²) < 4.78 is 17.4. The van der Waals surface area contributed by atoms with Crippen LogP contribution in [0.1, 0.15) is 39.7 Å². The zero-order chi connectivity index (χ0) is 19.1. The van der Waals surface area contributed by atoms with Crippen molar-refractivity contribution >= 4 is 8.32 Å². The summed E-state index contributed by atoms with van der Waals surface area (Å²) in [6, 6.07) is 7.94. The number of rotatable bonds is 9. The van der Waals surface area contributed by atoms with E-state index < -0.39 is 8.32 Å². The van der Waals surface area contributed by atoms with E-state index in [1.807, 2.05) is 24.3 Å². The second-order valence-electron chi connectivity index (χ2n) is 8.24. The van der Waals surface area contributed by atoms with E-state index in [4.69, 9.17) is 20.3 Å². The van der Waals surface area contributed by atoms with Gasteiger partial charge >= 0.3 is 0 Å². The van der Waals surface area contributed by atoms with Crippen molar-refractivity contribution < 1.29 is 13.9 Å². The fourth-order valence-electron chi connectivity index (χ4n) is 2.22. The Morgan fingerprint density at radius 1 is 1.16 bits per heavy atom. The van der Waals surface area contributed by atoms with Gasteiger partial charge in [0, 0.05) is 6.61 Å². The van der Waals surface area contributed by atoms with Gasteiger partial charge in [0.25, 0.3) is 0 Å². The molecule has 0 unspecified atom stereocenters. The van der Waals surface area contributed by atoms with Crippen molar-refractivity contribution in [3.05, 3.63) is 29.8 Å². The summed E-state index contributed by atoms with van der Waals surface area (Å²) in [4.78, 5) is 0. The normalized spacial score (nSPS) is 14.6. The Hall–Kier alpha value is -1.28. The molecule has 2 atom stereocenters. The van der Waals surface area contributed by atoms with Gasteiger partial charge in [-0.25, -0.2) is 0 Å². The first-order valence-corrected chi connectivity index (χ1v) is 11.8. The van der Waals surface area contributed by atoms with Gasteiger partial charge < -0.3 is 13.9 Å². The quantitative estimate of drug-likeness (QED) is 0.443. The summed E-state index contributed by atoms with van der Waals surface area (Å²) in [6.07, 6.45) is 6.40. The number of methoxy groups -OCH3 is 1. The molecule has 1 aromatic rings. The van der Waals surface area contributed by atoms with E-state index in [2.05, 4.69) is 46.7 Å². The average Bonchev–Trinajstić information content (AvgIpc) is 2.53. The van der Waals surface area contributed by atoms with E-state index in [1.165, 1.54) is 0 Å². The van der Waals surface area contributed by atoms with Crippen LogP contribution in [0.25, 0.3) is 0 Å². The Balaban J connectivity index is 2.43. The van der Waals surface area contributed by atoms with Crippen LogP contribution in [-0.4, -0.2) is 28.1 Å². The maximum Gasteiger partial charge on any atom is 0.193 e. The Bertz CT molecular complexity index is 552. The second kappa shape index (κ2) is 9.42. The van der Waals surface area contributed by atoms with Crippen molar-refractivity contribution in [1.82, 2.24) is 0 Å². The van der Waals surface area contributed by atoms with Gasteiger partial charge in [0.1, 0.15) is 11.9 Å². The smallest absolute Gasteiger partial charge is 0.193 e. The number of hydrogen-bond acceptors (Lipinski definition) is 3. The van der Waals surface area contributed by atoms with Crippen LogP contribution in [0.4, 0.5) is 0 Å². The van der Waals surface area contributed by atoms with Gasteiger partial charge in [-0.1, -0.05) is 45.7 Å². The molecule has 0 aliphatic heterocycles. The Morgan fingerprint density at radius 2 is 1.76 bits per heavy atom. The Kier molecular flexibility index (Phi) is 8.20. The van der Waals surface area contributed by atoms with Crippen molar-refractivity contribution in [2.45, 2.75) is 65.0 Å². The third-order valence-corrected chi connectivity index (χ3v) is 9.36. The monoisotopic (exact) mass is 362 g/mol. The summed E-state index contributed by atoms with van der Waals surface area (Å²) >= 11 is 0. The van der Waals surface area contributed by atoms with Crippen LogP contribution in [0.2, 0.25) is 18.1 Å². The average molecular weight is 363 g/mol. The van der Waals surface area contributed by atoms with Gasteiger partial charge in [0.2, 0.25) is 0 Å². The predicted octanol–water partition coefficient (Wildman–Crippen LogP) is 5.26. The first-order valence-electron chi connectivity index (χ1n) is 8.93. The molecule has 0 N–H and O–H groups in total. The van der Waals surface area contributed by atoms with Crippen LogP contribution in [0, 0.1) is 18.3 Å². The van der Waals surface area contributed by atoms with Crippen molar-refractivity contribution in [3.8, 4) is 18.1 Å². The van der Waals surface area contributed by atoms with Crippen molar-refractivity contribution in [3.63, 3.8) is 0 Å². The topological polar surface area (TPSA) is 27.7 Å². The lowest BCUT2D eigenvalue weighted by molar-refractivity contribution is 0.0770. The molecule has 3 nitrogen and oxygen atoms in total. The number of benzene rings is 1. The maximum absolute atomic E-state index is 6.35. The molecule has 0 saturated carbocycles. The van der Waals surface area contributed by atoms with Crippen molar-refractivity contribution in [1.29, 1.82) is 0 Å². The molecule has 0 aliphatic carbocycles. The summed E-state index contributed by atoms with van der Waals surface area (Å²) in [5, 5.41) is 0.163. The van der Waals surface area contributed by atoms with E-state index in [0.29, 0.717) is 19.1 Å². The standard InChI is InChI=1S/C21H34O3Si/c1-9-19(24-25(7,8)21(3,4)5)14-17(2)15-23-16-18-10-12-20(22-6)13-11-18/h1,10-13,17,19H,14-16H2,2-8H3/t17-,19+/m0/s1. The Labute approximate surface area is 155 Å². The molecular weight excluding hydrogens is 328 g/mol. The highest BCUT2D eigenvalue weighted by atomic mass is 28.4. The molecule has 1 rings (SSSR count). The number of hydrogen-bond donors (Lipinski definition) is 0. The number of terminal acetylenes is 1. The zero-order valence-corrected chi connectivity index (χ0v) is 17.9. The highest BCUT2D eigenvalue weighted by Gasteiger charge is 2.39. The molecule has 0 aromatic heterocycles. The van der Waals surface area contributed by atoms with Crippen LogP contribution >= 0.6 is 0 Å². The summed E-state index contributed by atoms with van der Waals surface area (Å²) in [6.45, 7) is 14.6. The minimum Gasteiger partial charge on any atom is -0.497 e. The van der Waals surface area contributed by atoms with Gasteiger partial charge in [-0.05, 0) is 48.2 Å². The third-order valence-electron chi connectivity index (χ3n) is 4.88.